The third kappa shape index (κ3) is 6.51. The average Bonchev–Trinajstić information content (AvgIpc) is 2.02. The van der Waals surface area contributed by atoms with Gasteiger partial charge in [-0.15, -0.1) is 0 Å². The van der Waals surface area contributed by atoms with Gasteiger partial charge in [-0.1, -0.05) is 0 Å². The molecule has 0 aliphatic heterocycles. The summed E-state index contributed by atoms with van der Waals surface area (Å²) in [5, 5.41) is 16.7. The van der Waals surface area contributed by atoms with E-state index in [1.165, 1.54) is 0 Å². The number of carbonyl (C=O) groups is 2. The predicted molar refractivity (Wildman–Crippen MR) is 47.4 cm³/mol. The first-order valence-electron chi connectivity index (χ1n) is 4.02. The number of carboxylic acid groups (broad SMARTS) is 2. The summed E-state index contributed by atoms with van der Waals surface area (Å²) in [6, 6.07) is 0. The van der Waals surface area contributed by atoms with E-state index in [1.807, 2.05) is 0 Å². The van der Waals surface area contributed by atoms with Crippen molar-refractivity contribution in [2.24, 2.45) is 0 Å². The maximum Gasteiger partial charge on any atom is 0.508 e. The van der Waals surface area contributed by atoms with Crippen LogP contribution in [-0.2, 0) is 14.2 Å². The minimum atomic E-state index is -2.50. The molecule has 0 aliphatic rings. The van der Waals surface area contributed by atoms with Crippen LogP contribution < -0.4 is 0 Å². The molecule has 6 nitrogen and oxygen atoms in total. The van der Waals surface area contributed by atoms with Gasteiger partial charge >= 0.3 is 20.0 Å². The molecule has 80 valence electrons. The highest BCUT2D eigenvalue weighted by Crippen LogP contribution is 2.30. The van der Waals surface area contributed by atoms with Crippen molar-refractivity contribution in [1.82, 2.24) is 0 Å². The van der Waals surface area contributed by atoms with Crippen LogP contribution in [0, 0.1) is 0 Å². The lowest BCUT2D eigenvalue weighted by atomic mass is 10.1. The smallest absolute Gasteiger partial charge is 0.481 e. The second-order valence-electron chi connectivity index (χ2n) is 2.82. The molecule has 0 aromatic rings. The van der Waals surface area contributed by atoms with Crippen molar-refractivity contribution in [2.45, 2.75) is 31.3 Å². The molecule has 7 heteroatoms. The fraction of sp³-hybridized carbons (Fsp3) is 0.714. The van der Waals surface area contributed by atoms with Gasteiger partial charge < -0.3 is 10.2 Å². The van der Waals surface area contributed by atoms with Crippen LogP contribution >= 0.6 is 8.03 Å². The summed E-state index contributed by atoms with van der Waals surface area (Å²) in [6.45, 7) is 0. The number of carboxylic acids is 2. The first-order chi connectivity index (χ1) is 6.43. The Hall–Kier alpha value is -1.00. The van der Waals surface area contributed by atoms with Crippen LogP contribution in [0.5, 0.6) is 0 Å². The van der Waals surface area contributed by atoms with Crippen LogP contribution in [0.4, 0.5) is 0 Å². The molecule has 3 N–H and O–H groups in total. The molecule has 0 aromatic carbocycles. The van der Waals surface area contributed by atoms with E-state index in [2.05, 4.69) is 0 Å². The lowest BCUT2D eigenvalue weighted by Crippen LogP contribution is -2.09. The van der Waals surface area contributed by atoms with Gasteiger partial charge in [0.1, 0.15) is 0 Å². The molecule has 0 aromatic heterocycles. The summed E-state index contributed by atoms with van der Waals surface area (Å²) in [5.74, 6) is -2.11. The van der Waals surface area contributed by atoms with E-state index in [0.29, 0.717) is 0 Å². The van der Waals surface area contributed by atoms with E-state index in [1.54, 1.807) is 0 Å². The van der Waals surface area contributed by atoms with Crippen LogP contribution in [0.25, 0.3) is 0 Å². The quantitative estimate of drug-likeness (QED) is 0.551. The predicted octanol–water partition coefficient (Wildman–Crippen LogP) is 0.819. The third-order valence-corrected chi connectivity index (χ3v) is 2.84. The Balaban J connectivity index is 3.96. The van der Waals surface area contributed by atoms with Gasteiger partial charge in [0.05, 0.1) is 0 Å². The summed E-state index contributed by atoms with van der Waals surface area (Å²) < 4.78 is 10.7. The summed E-state index contributed by atoms with van der Waals surface area (Å²) in [7, 11) is -2.50. The van der Waals surface area contributed by atoms with E-state index in [0.717, 1.165) is 0 Å². The van der Waals surface area contributed by atoms with Crippen LogP contribution in [-0.4, -0.2) is 32.7 Å². The molecule has 1 unspecified atom stereocenters. The first kappa shape index (κ1) is 13.0. The molecule has 0 bridgehead atoms. The fourth-order valence-electron chi connectivity index (χ4n) is 0.945. The molecule has 14 heavy (non-hydrogen) atoms. The Kier molecular flexibility index (Phi) is 5.99. The van der Waals surface area contributed by atoms with Gasteiger partial charge in [0.15, 0.2) is 5.66 Å². The Labute approximate surface area is 81.4 Å². The molecular formula is C7H12O6P+. The first-order valence-corrected chi connectivity index (χ1v) is 5.30. The van der Waals surface area contributed by atoms with Crippen molar-refractivity contribution in [2.75, 3.05) is 0 Å². The van der Waals surface area contributed by atoms with E-state index < -0.39 is 25.6 Å². The minimum Gasteiger partial charge on any atom is -0.481 e. The Morgan fingerprint density at radius 1 is 1.07 bits per heavy atom. The zero-order valence-electron chi connectivity index (χ0n) is 7.42. The van der Waals surface area contributed by atoms with Gasteiger partial charge in [-0.2, -0.15) is 4.89 Å². The van der Waals surface area contributed by atoms with Crippen LogP contribution in [0.2, 0.25) is 0 Å². The van der Waals surface area contributed by atoms with Gasteiger partial charge in [0.2, 0.25) is 0 Å². The van der Waals surface area contributed by atoms with Crippen molar-refractivity contribution < 1.29 is 29.3 Å². The molecule has 1 atom stereocenters. The van der Waals surface area contributed by atoms with Crippen LogP contribution in [0.3, 0.4) is 0 Å². The lowest BCUT2D eigenvalue weighted by molar-refractivity contribution is -0.137. The average molecular weight is 223 g/mol. The normalized spacial score (nSPS) is 11.4. The number of rotatable bonds is 7. The Morgan fingerprint density at radius 2 is 1.43 bits per heavy atom. The molecule has 0 amide bonds. The summed E-state index contributed by atoms with van der Waals surface area (Å²) in [5.41, 5.74) is -0.739. The van der Waals surface area contributed by atoms with Gasteiger partial charge in [-0.25, -0.2) is 0 Å². The Bertz CT molecular complexity index is 220. The molecule has 0 radical (unpaired) electrons. The van der Waals surface area contributed by atoms with Crippen molar-refractivity contribution in [3.05, 3.63) is 0 Å². The summed E-state index contributed by atoms with van der Waals surface area (Å²) in [4.78, 5) is 29.1. The zero-order valence-corrected chi connectivity index (χ0v) is 8.31. The lowest BCUT2D eigenvalue weighted by Gasteiger charge is -2.00. The van der Waals surface area contributed by atoms with Crippen molar-refractivity contribution in [3.63, 3.8) is 0 Å². The SMILES string of the molecule is O=C(O)CCC(CCC(=O)O)[P+](=O)O. The molecule has 0 rings (SSSR count). The summed E-state index contributed by atoms with van der Waals surface area (Å²) >= 11 is 0. The van der Waals surface area contributed by atoms with E-state index in [9.17, 15) is 14.2 Å². The maximum atomic E-state index is 10.7. The van der Waals surface area contributed by atoms with E-state index in [-0.39, 0.29) is 25.7 Å². The standard InChI is InChI=1S/C7H11O6P/c8-6(9)3-1-5(14(12)13)2-4-7(10)11/h5H,1-4H2,(H2-,8,9,10,11,12,13)/p+1. The highest BCUT2D eigenvalue weighted by atomic mass is 31.1. The third-order valence-electron chi connectivity index (χ3n) is 1.70. The highest BCUT2D eigenvalue weighted by molar-refractivity contribution is 7.38. The van der Waals surface area contributed by atoms with Crippen molar-refractivity contribution in [1.29, 1.82) is 0 Å². The second kappa shape index (κ2) is 6.45. The topological polar surface area (TPSA) is 112 Å². The molecular weight excluding hydrogens is 211 g/mol. The minimum absolute atomic E-state index is 0.0360. The number of hydrogen-bond acceptors (Lipinski definition) is 3. The van der Waals surface area contributed by atoms with Gasteiger partial charge in [-0.05, 0) is 4.57 Å². The highest BCUT2D eigenvalue weighted by Gasteiger charge is 2.29. The molecule has 0 heterocycles. The molecule has 0 aliphatic carbocycles. The largest absolute Gasteiger partial charge is 0.508 e. The summed E-state index contributed by atoms with van der Waals surface area (Å²) in [6.07, 6.45) is -0.361. The van der Waals surface area contributed by atoms with Crippen LogP contribution in [0.15, 0.2) is 0 Å². The maximum absolute atomic E-state index is 10.7. The second-order valence-corrected chi connectivity index (χ2v) is 4.16. The van der Waals surface area contributed by atoms with E-state index >= 15 is 0 Å². The molecule has 0 fully saturated rings. The van der Waals surface area contributed by atoms with Crippen molar-refractivity contribution in [3.8, 4) is 0 Å². The number of aliphatic carboxylic acids is 2. The fourth-order valence-corrected chi connectivity index (χ4v) is 1.65. The van der Waals surface area contributed by atoms with Gasteiger partial charge in [-0.3, -0.25) is 9.59 Å². The van der Waals surface area contributed by atoms with Crippen molar-refractivity contribution >= 4 is 20.0 Å². The van der Waals surface area contributed by atoms with E-state index in [4.69, 9.17) is 15.1 Å². The zero-order chi connectivity index (χ0) is 11.1. The molecule has 0 saturated carbocycles. The van der Waals surface area contributed by atoms with Gasteiger partial charge in [0, 0.05) is 25.7 Å². The monoisotopic (exact) mass is 223 g/mol. The molecule has 0 saturated heterocycles. The van der Waals surface area contributed by atoms with Gasteiger partial charge in [0.25, 0.3) is 0 Å². The molecule has 0 spiro atoms. The Morgan fingerprint density at radius 3 is 1.64 bits per heavy atom. The van der Waals surface area contributed by atoms with Crippen LogP contribution in [0.1, 0.15) is 25.7 Å². The number of hydrogen-bond donors (Lipinski definition) is 3.